The van der Waals surface area contributed by atoms with E-state index in [1.54, 1.807) is 6.07 Å². The summed E-state index contributed by atoms with van der Waals surface area (Å²) >= 11 is 0. The predicted octanol–water partition coefficient (Wildman–Crippen LogP) is 5.57. The third-order valence-electron chi connectivity index (χ3n) is 3.83. The molecule has 2 heteroatoms. The lowest BCUT2D eigenvalue weighted by Gasteiger charge is -2.23. The molecule has 22 heavy (non-hydrogen) atoms. The van der Waals surface area contributed by atoms with Crippen LogP contribution in [0.25, 0.3) is 11.1 Å². The number of halogens is 1. The Morgan fingerprint density at radius 3 is 2.18 bits per heavy atom. The standard InChI is InChI=1S/C20H18FN/c1-15-8-11-18(12-9-15)22(2)20-13-10-17(21)14-19(20)16-6-4-3-5-7-16/h3-14H,1-2H3. The van der Waals surface area contributed by atoms with Crippen molar-refractivity contribution in [2.75, 3.05) is 11.9 Å². The third-order valence-corrected chi connectivity index (χ3v) is 3.83. The zero-order chi connectivity index (χ0) is 15.5. The van der Waals surface area contributed by atoms with Gasteiger partial charge >= 0.3 is 0 Å². The van der Waals surface area contributed by atoms with Crippen LogP contribution < -0.4 is 4.90 Å². The fourth-order valence-electron chi connectivity index (χ4n) is 2.56. The molecule has 0 aliphatic rings. The van der Waals surface area contributed by atoms with Gasteiger partial charge in [0.25, 0.3) is 0 Å². The molecule has 0 aliphatic carbocycles. The first kappa shape index (κ1) is 14.3. The number of rotatable bonds is 3. The third kappa shape index (κ3) is 2.86. The Bertz CT molecular complexity index is 763. The Hall–Kier alpha value is -2.61. The van der Waals surface area contributed by atoms with E-state index in [4.69, 9.17) is 0 Å². The first-order valence-corrected chi connectivity index (χ1v) is 7.30. The minimum atomic E-state index is -0.222. The summed E-state index contributed by atoms with van der Waals surface area (Å²) in [5, 5.41) is 0. The van der Waals surface area contributed by atoms with Crippen LogP contribution in [-0.2, 0) is 0 Å². The molecule has 0 spiro atoms. The fourth-order valence-corrected chi connectivity index (χ4v) is 2.56. The molecule has 1 nitrogen and oxygen atoms in total. The van der Waals surface area contributed by atoms with Crippen molar-refractivity contribution in [1.29, 1.82) is 0 Å². The van der Waals surface area contributed by atoms with Crippen molar-refractivity contribution in [2.45, 2.75) is 6.92 Å². The van der Waals surface area contributed by atoms with Crippen molar-refractivity contribution in [1.82, 2.24) is 0 Å². The minimum Gasteiger partial charge on any atom is -0.344 e. The van der Waals surface area contributed by atoms with Gasteiger partial charge in [0, 0.05) is 24.0 Å². The molecule has 0 heterocycles. The van der Waals surface area contributed by atoms with E-state index in [-0.39, 0.29) is 5.82 Å². The van der Waals surface area contributed by atoms with Crippen LogP contribution in [0.2, 0.25) is 0 Å². The van der Waals surface area contributed by atoms with Crippen molar-refractivity contribution in [3.8, 4) is 11.1 Å². The topological polar surface area (TPSA) is 3.24 Å². The van der Waals surface area contributed by atoms with E-state index < -0.39 is 0 Å². The van der Waals surface area contributed by atoms with E-state index in [1.807, 2.05) is 43.4 Å². The second kappa shape index (κ2) is 6.02. The molecular formula is C20H18FN. The zero-order valence-corrected chi connectivity index (χ0v) is 12.8. The van der Waals surface area contributed by atoms with Gasteiger partial charge in [0.05, 0.1) is 0 Å². The lowest BCUT2D eigenvalue weighted by molar-refractivity contribution is 0.628. The maximum atomic E-state index is 13.7. The number of anilines is 2. The molecular weight excluding hydrogens is 273 g/mol. The van der Waals surface area contributed by atoms with Gasteiger partial charge in [-0.05, 0) is 42.8 Å². The smallest absolute Gasteiger partial charge is 0.123 e. The van der Waals surface area contributed by atoms with Gasteiger partial charge in [-0.1, -0.05) is 48.0 Å². The largest absolute Gasteiger partial charge is 0.344 e. The van der Waals surface area contributed by atoms with Gasteiger partial charge in [-0.15, -0.1) is 0 Å². The van der Waals surface area contributed by atoms with E-state index in [9.17, 15) is 4.39 Å². The van der Waals surface area contributed by atoms with Crippen LogP contribution in [0, 0.1) is 12.7 Å². The molecule has 3 aromatic carbocycles. The van der Waals surface area contributed by atoms with Crippen molar-refractivity contribution in [3.05, 3.63) is 84.2 Å². The summed E-state index contributed by atoms with van der Waals surface area (Å²) in [4.78, 5) is 2.08. The summed E-state index contributed by atoms with van der Waals surface area (Å²) in [5.74, 6) is -0.222. The van der Waals surface area contributed by atoms with E-state index in [0.717, 1.165) is 22.5 Å². The van der Waals surface area contributed by atoms with E-state index >= 15 is 0 Å². The van der Waals surface area contributed by atoms with E-state index in [1.165, 1.54) is 11.6 Å². The molecule has 0 atom stereocenters. The molecule has 3 aromatic rings. The van der Waals surface area contributed by atoms with E-state index in [0.29, 0.717) is 0 Å². The summed E-state index contributed by atoms with van der Waals surface area (Å²) in [7, 11) is 2.00. The Labute approximate surface area is 130 Å². The van der Waals surface area contributed by atoms with Gasteiger partial charge in [0.2, 0.25) is 0 Å². The number of hydrogen-bond acceptors (Lipinski definition) is 1. The van der Waals surface area contributed by atoms with Crippen LogP contribution >= 0.6 is 0 Å². The van der Waals surface area contributed by atoms with Gasteiger partial charge in [0.1, 0.15) is 5.82 Å². The molecule has 3 rings (SSSR count). The SMILES string of the molecule is Cc1ccc(N(C)c2ccc(F)cc2-c2ccccc2)cc1. The number of benzene rings is 3. The number of nitrogens with zero attached hydrogens (tertiary/aromatic N) is 1. The second-order valence-corrected chi connectivity index (χ2v) is 5.42. The molecule has 0 N–H and O–H groups in total. The maximum absolute atomic E-state index is 13.7. The summed E-state index contributed by atoms with van der Waals surface area (Å²) in [6.45, 7) is 2.07. The Kier molecular flexibility index (Phi) is 3.92. The van der Waals surface area contributed by atoms with Gasteiger partial charge in [-0.3, -0.25) is 0 Å². The van der Waals surface area contributed by atoms with Gasteiger partial charge < -0.3 is 4.90 Å². The Morgan fingerprint density at radius 2 is 1.50 bits per heavy atom. The molecule has 110 valence electrons. The molecule has 0 fully saturated rings. The predicted molar refractivity (Wildman–Crippen MR) is 91.1 cm³/mol. The monoisotopic (exact) mass is 291 g/mol. The van der Waals surface area contributed by atoms with Crippen molar-refractivity contribution >= 4 is 11.4 Å². The van der Waals surface area contributed by atoms with Gasteiger partial charge in [-0.25, -0.2) is 4.39 Å². The average Bonchev–Trinajstić information content (AvgIpc) is 2.56. The highest BCUT2D eigenvalue weighted by molar-refractivity contribution is 5.82. The first-order valence-electron chi connectivity index (χ1n) is 7.30. The summed E-state index contributed by atoms with van der Waals surface area (Å²) in [5.41, 5.74) is 5.19. The average molecular weight is 291 g/mol. The molecule has 0 amide bonds. The van der Waals surface area contributed by atoms with Crippen LogP contribution in [0.5, 0.6) is 0 Å². The summed E-state index contributed by atoms with van der Waals surface area (Å²) in [6, 6.07) is 23.1. The number of hydrogen-bond donors (Lipinski definition) is 0. The molecule has 0 bridgehead atoms. The minimum absolute atomic E-state index is 0.222. The highest BCUT2D eigenvalue weighted by Gasteiger charge is 2.12. The van der Waals surface area contributed by atoms with Gasteiger partial charge in [0.15, 0.2) is 0 Å². The van der Waals surface area contributed by atoms with Crippen LogP contribution in [0.3, 0.4) is 0 Å². The highest BCUT2D eigenvalue weighted by atomic mass is 19.1. The van der Waals surface area contributed by atoms with Crippen LogP contribution in [-0.4, -0.2) is 7.05 Å². The molecule has 0 saturated heterocycles. The quantitative estimate of drug-likeness (QED) is 0.610. The molecule has 0 radical (unpaired) electrons. The molecule has 0 aliphatic heterocycles. The van der Waals surface area contributed by atoms with Crippen LogP contribution in [0.15, 0.2) is 72.8 Å². The zero-order valence-electron chi connectivity index (χ0n) is 12.8. The molecule has 0 unspecified atom stereocenters. The van der Waals surface area contributed by atoms with Crippen LogP contribution in [0.1, 0.15) is 5.56 Å². The lowest BCUT2D eigenvalue weighted by Crippen LogP contribution is -2.10. The van der Waals surface area contributed by atoms with Crippen molar-refractivity contribution in [2.24, 2.45) is 0 Å². The Morgan fingerprint density at radius 1 is 0.818 bits per heavy atom. The maximum Gasteiger partial charge on any atom is 0.123 e. The van der Waals surface area contributed by atoms with Crippen molar-refractivity contribution in [3.63, 3.8) is 0 Å². The summed E-state index contributed by atoms with van der Waals surface area (Å²) < 4.78 is 13.7. The lowest BCUT2D eigenvalue weighted by atomic mass is 10.0. The number of aryl methyl sites for hydroxylation is 1. The normalized spacial score (nSPS) is 10.5. The summed E-state index contributed by atoms with van der Waals surface area (Å²) in [6.07, 6.45) is 0. The van der Waals surface area contributed by atoms with Gasteiger partial charge in [-0.2, -0.15) is 0 Å². The Balaban J connectivity index is 2.09. The molecule has 0 aromatic heterocycles. The first-order chi connectivity index (χ1) is 10.6. The second-order valence-electron chi connectivity index (χ2n) is 5.42. The fraction of sp³-hybridized carbons (Fsp3) is 0.100. The highest BCUT2D eigenvalue weighted by Crippen LogP contribution is 2.34. The van der Waals surface area contributed by atoms with Crippen LogP contribution in [0.4, 0.5) is 15.8 Å². The van der Waals surface area contributed by atoms with Crippen molar-refractivity contribution < 1.29 is 4.39 Å². The molecule has 0 saturated carbocycles. The van der Waals surface area contributed by atoms with E-state index in [2.05, 4.69) is 36.1 Å².